The Morgan fingerprint density at radius 3 is 2.71 bits per heavy atom. The van der Waals surface area contributed by atoms with Crippen LogP contribution in [0.25, 0.3) is 22.5 Å². The molecule has 10 heteroatoms. The summed E-state index contributed by atoms with van der Waals surface area (Å²) in [5.41, 5.74) is 3.68. The molecule has 0 aliphatic carbocycles. The fraction of sp³-hybridized carbons (Fsp3) is 0.375. The molecular formula is C24H28N8O2. The molecule has 176 valence electrons. The number of fused-ring (bicyclic) bond motifs is 1. The van der Waals surface area contributed by atoms with E-state index in [1.54, 1.807) is 13.1 Å². The summed E-state index contributed by atoms with van der Waals surface area (Å²) in [6, 6.07) is 9.82. The van der Waals surface area contributed by atoms with E-state index in [4.69, 9.17) is 4.52 Å². The van der Waals surface area contributed by atoms with Crippen LogP contribution in [0.2, 0.25) is 0 Å². The lowest BCUT2D eigenvalue weighted by molar-refractivity contribution is -0.136. The summed E-state index contributed by atoms with van der Waals surface area (Å²) in [7, 11) is 0. The molecule has 1 aliphatic heterocycles. The van der Waals surface area contributed by atoms with Gasteiger partial charge < -0.3 is 19.7 Å². The minimum absolute atomic E-state index is 0.0493. The quantitative estimate of drug-likeness (QED) is 0.450. The highest BCUT2D eigenvalue weighted by Crippen LogP contribution is 2.24. The molecule has 1 aliphatic rings. The number of anilines is 2. The number of hydrogen-bond acceptors (Lipinski definition) is 8. The zero-order valence-electron chi connectivity index (χ0n) is 19.6. The molecule has 3 aromatic heterocycles. The van der Waals surface area contributed by atoms with Gasteiger partial charge in [-0.05, 0) is 42.8 Å². The Kier molecular flexibility index (Phi) is 5.97. The summed E-state index contributed by atoms with van der Waals surface area (Å²) in [5.74, 6) is 2.69. The average Bonchev–Trinajstić information content (AvgIpc) is 3.44. The summed E-state index contributed by atoms with van der Waals surface area (Å²) < 4.78 is 5.26. The average molecular weight is 461 g/mol. The number of piperazine rings is 1. The third-order valence-corrected chi connectivity index (χ3v) is 5.91. The first-order valence-corrected chi connectivity index (χ1v) is 11.5. The van der Waals surface area contributed by atoms with Gasteiger partial charge in [0.2, 0.25) is 11.9 Å². The van der Waals surface area contributed by atoms with Gasteiger partial charge in [-0.15, -0.1) is 0 Å². The maximum absolute atomic E-state index is 12.2. The lowest BCUT2D eigenvalue weighted by Gasteiger charge is -2.35. The molecule has 1 fully saturated rings. The Hall–Kier alpha value is -3.79. The van der Waals surface area contributed by atoms with Crippen LogP contribution in [0.5, 0.6) is 0 Å². The van der Waals surface area contributed by atoms with Crippen LogP contribution >= 0.6 is 0 Å². The van der Waals surface area contributed by atoms with E-state index >= 15 is 0 Å². The van der Waals surface area contributed by atoms with Crippen LogP contribution in [0.15, 0.2) is 41.1 Å². The molecular weight excluding hydrogens is 432 g/mol. The van der Waals surface area contributed by atoms with Gasteiger partial charge in [-0.25, -0.2) is 9.97 Å². The fourth-order valence-electron chi connectivity index (χ4n) is 4.13. The second kappa shape index (κ2) is 9.22. The van der Waals surface area contributed by atoms with Crippen molar-refractivity contribution in [1.82, 2.24) is 34.9 Å². The third kappa shape index (κ3) is 4.76. The first kappa shape index (κ1) is 22.0. The number of amides is 1. The van der Waals surface area contributed by atoms with E-state index < -0.39 is 0 Å². The van der Waals surface area contributed by atoms with Crippen molar-refractivity contribution in [3.8, 4) is 11.5 Å². The van der Waals surface area contributed by atoms with E-state index in [1.165, 1.54) is 0 Å². The number of rotatable bonds is 6. The zero-order chi connectivity index (χ0) is 23.7. The van der Waals surface area contributed by atoms with Crippen molar-refractivity contribution in [3.63, 3.8) is 0 Å². The summed E-state index contributed by atoms with van der Waals surface area (Å²) in [6.07, 6.45) is 1.80. The molecule has 1 aromatic carbocycles. The SMILES string of the molecule is Cc1noc(-c2ccc3nc(Nc4cc(CN5CCN(C(=O)C(C)C)CC5)ccn4)[nH]c3c2)n1. The Labute approximate surface area is 197 Å². The summed E-state index contributed by atoms with van der Waals surface area (Å²) in [4.78, 5) is 33.2. The lowest BCUT2D eigenvalue weighted by Crippen LogP contribution is -2.49. The number of aromatic amines is 1. The second-order valence-electron chi connectivity index (χ2n) is 8.89. The number of carbonyl (C=O) groups excluding carboxylic acids is 1. The summed E-state index contributed by atoms with van der Waals surface area (Å²) >= 11 is 0. The summed E-state index contributed by atoms with van der Waals surface area (Å²) in [6.45, 7) is 9.80. The topological polar surface area (TPSA) is 116 Å². The molecule has 0 bridgehead atoms. The smallest absolute Gasteiger partial charge is 0.257 e. The van der Waals surface area contributed by atoms with Crippen molar-refractivity contribution >= 4 is 28.7 Å². The Bertz CT molecular complexity index is 1300. The maximum Gasteiger partial charge on any atom is 0.257 e. The van der Waals surface area contributed by atoms with E-state index in [9.17, 15) is 4.79 Å². The van der Waals surface area contributed by atoms with Gasteiger partial charge in [-0.1, -0.05) is 19.0 Å². The molecule has 4 heterocycles. The van der Waals surface area contributed by atoms with Crippen molar-refractivity contribution in [2.75, 3.05) is 31.5 Å². The molecule has 10 nitrogen and oxygen atoms in total. The van der Waals surface area contributed by atoms with Gasteiger partial charge in [0.05, 0.1) is 11.0 Å². The van der Waals surface area contributed by atoms with E-state index in [0.717, 1.165) is 60.7 Å². The van der Waals surface area contributed by atoms with E-state index in [-0.39, 0.29) is 11.8 Å². The van der Waals surface area contributed by atoms with Gasteiger partial charge >= 0.3 is 0 Å². The molecule has 2 N–H and O–H groups in total. The standard InChI is InChI=1S/C24H28N8O2/c1-15(2)23(33)32-10-8-31(9-11-32)14-17-6-7-25-21(12-17)29-24-27-19-5-4-18(13-20(19)28-24)22-26-16(3)30-34-22/h4-7,12-13,15H,8-11,14H2,1-3H3,(H2,25,27,28,29). The lowest BCUT2D eigenvalue weighted by atomic mass is 10.1. The highest BCUT2D eigenvalue weighted by atomic mass is 16.5. The predicted octanol–water partition coefficient (Wildman–Crippen LogP) is 3.36. The molecule has 0 unspecified atom stereocenters. The third-order valence-electron chi connectivity index (χ3n) is 5.91. The molecule has 1 amide bonds. The number of H-pyrrole nitrogens is 1. The van der Waals surface area contributed by atoms with Crippen LogP contribution in [0.3, 0.4) is 0 Å². The van der Waals surface area contributed by atoms with Crippen LogP contribution < -0.4 is 5.32 Å². The van der Waals surface area contributed by atoms with Gasteiger partial charge in [0.15, 0.2) is 5.82 Å². The number of nitrogens with one attached hydrogen (secondary N) is 2. The molecule has 0 spiro atoms. The van der Waals surface area contributed by atoms with Crippen LogP contribution in [0.1, 0.15) is 25.2 Å². The van der Waals surface area contributed by atoms with Gasteiger partial charge in [0.1, 0.15) is 5.82 Å². The monoisotopic (exact) mass is 460 g/mol. The highest BCUT2D eigenvalue weighted by Gasteiger charge is 2.22. The number of carbonyl (C=O) groups is 1. The maximum atomic E-state index is 12.2. The molecule has 0 atom stereocenters. The number of hydrogen-bond donors (Lipinski definition) is 2. The van der Waals surface area contributed by atoms with Crippen molar-refractivity contribution in [1.29, 1.82) is 0 Å². The molecule has 4 aromatic rings. The Balaban J connectivity index is 1.24. The number of aromatic nitrogens is 5. The number of aryl methyl sites for hydroxylation is 1. The van der Waals surface area contributed by atoms with Crippen molar-refractivity contribution in [2.45, 2.75) is 27.3 Å². The number of pyridine rings is 1. The molecule has 34 heavy (non-hydrogen) atoms. The zero-order valence-corrected chi connectivity index (χ0v) is 19.6. The number of benzene rings is 1. The van der Waals surface area contributed by atoms with Crippen LogP contribution in [-0.4, -0.2) is 67.0 Å². The normalized spacial score (nSPS) is 14.8. The van der Waals surface area contributed by atoms with E-state index in [0.29, 0.717) is 17.7 Å². The van der Waals surface area contributed by atoms with Gasteiger partial charge in [0, 0.05) is 50.4 Å². The summed E-state index contributed by atoms with van der Waals surface area (Å²) in [5, 5.41) is 7.12. The van der Waals surface area contributed by atoms with Crippen LogP contribution in [0.4, 0.5) is 11.8 Å². The largest absolute Gasteiger partial charge is 0.340 e. The van der Waals surface area contributed by atoms with Gasteiger partial charge in [-0.2, -0.15) is 4.98 Å². The minimum atomic E-state index is 0.0493. The van der Waals surface area contributed by atoms with Crippen molar-refractivity contribution < 1.29 is 9.32 Å². The Morgan fingerprint density at radius 1 is 1.15 bits per heavy atom. The first-order chi connectivity index (χ1) is 16.4. The Morgan fingerprint density at radius 2 is 1.97 bits per heavy atom. The molecule has 5 rings (SSSR count). The molecule has 1 saturated heterocycles. The van der Waals surface area contributed by atoms with Crippen molar-refractivity contribution in [2.24, 2.45) is 5.92 Å². The van der Waals surface area contributed by atoms with Gasteiger partial charge in [0.25, 0.3) is 5.89 Å². The van der Waals surface area contributed by atoms with E-state index in [1.807, 2.05) is 49.1 Å². The van der Waals surface area contributed by atoms with Gasteiger partial charge in [-0.3, -0.25) is 9.69 Å². The van der Waals surface area contributed by atoms with E-state index in [2.05, 4.69) is 35.3 Å². The highest BCUT2D eigenvalue weighted by molar-refractivity contribution is 5.82. The number of imidazole rings is 1. The minimum Gasteiger partial charge on any atom is -0.340 e. The van der Waals surface area contributed by atoms with Crippen LogP contribution in [0, 0.1) is 12.8 Å². The molecule has 0 saturated carbocycles. The van der Waals surface area contributed by atoms with Crippen molar-refractivity contribution in [3.05, 3.63) is 47.9 Å². The fourth-order valence-corrected chi connectivity index (χ4v) is 4.13. The molecule has 0 radical (unpaired) electrons. The predicted molar refractivity (Wildman–Crippen MR) is 128 cm³/mol. The number of nitrogens with zero attached hydrogens (tertiary/aromatic N) is 6. The first-order valence-electron chi connectivity index (χ1n) is 11.5. The van der Waals surface area contributed by atoms with Crippen LogP contribution in [-0.2, 0) is 11.3 Å². The second-order valence-corrected chi connectivity index (χ2v) is 8.89.